The fraction of sp³-hybridized carbons (Fsp3) is 0.462. The summed E-state index contributed by atoms with van der Waals surface area (Å²) in [6, 6.07) is 7.56. The molecule has 2 rings (SSSR count). The van der Waals surface area contributed by atoms with Crippen molar-refractivity contribution < 1.29 is 9.90 Å². The number of halogens is 1. The third kappa shape index (κ3) is 4.13. The molecular weight excluding hydrogens is 343 g/mol. The van der Waals surface area contributed by atoms with Gasteiger partial charge in [-0.3, -0.25) is 0 Å². The van der Waals surface area contributed by atoms with Crippen LogP contribution in [0.2, 0.25) is 0 Å². The molecule has 98 valence electrons. The largest absolute Gasteiger partial charge is 0.396 e. The second-order valence-electron chi connectivity index (χ2n) is 4.57. The minimum Gasteiger partial charge on any atom is -0.396 e. The van der Waals surface area contributed by atoms with Crippen LogP contribution in [0.4, 0.5) is 10.5 Å². The van der Waals surface area contributed by atoms with Crippen molar-refractivity contribution in [3.05, 3.63) is 27.8 Å². The van der Waals surface area contributed by atoms with Gasteiger partial charge in [0.05, 0.1) is 0 Å². The van der Waals surface area contributed by atoms with Gasteiger partial charge < -0.3 is 15.7 Å². The van der Waals surface area contributed by atoms with E-state index < -0.39 is 0 Å². The molecule has 0 aliphatic heterocycles. The number of aliphatic hydroxyl groups excluding tert-OH is 1. The van der Waals surface area contributed by atoms with Gasteiger partial charge in [0, 0.05) is 21.9 Å². The van der Waals surface area contributed by atoms with E-state index in [1.807, 2.05) is 24.3 Å². The number of hydrogen-bond acceptors (Lipinski definition) is 2. The molecule has 0 aromatic heterocycles. The second kappa shape index (κ2) is 6.38. The van der Waals surface area contributed by atoms with Crippen LogP contribution >= 0.6 is 22.6 Å². The SMILES string of the molecule is O=C(Nc1cccc(I)c1)N[C@H](CCO)C1CC1. The van der Waals surface area contributed by atoms with Gasteiger partial charge in [0.1, 0.15) is 0 Å². The lowest BCUT2D eigenvalue weighted by Gasteiger charge is -2.17. The smallest absolute Gasteiger partial charge is 0.319 e. The van der Waals surface area contributed by atoms with Crippen molar-refractivity contribution in [1.29, 1.82) is 0 Å². The lowest BCUT2D eigenvalue weighted by molar-refractivity contribution is 0.234. The van der Waals surface area contributed by atoms with Crippen molar-refractivity contribution in [3.63, 3.8) is 0 Å². The summed E-state index contributed by atoms with van der Waals surface area (Å²) in [6.45, 7) is 0.116. The number of rotatable bonds is 5. The van der Waals surface area contributed by atoms with Gasteiger partial charge >= 0.3 is 6.03 Å². The molecular formula is C13H17IN2O2. The number of carbonyl (C=O) groups excluding carboxylic acids is 1. The van der Waals surface area contributed by atoms with Gasteiger partial charge in [-0.1, -0.05) is 6.07 Å². The van der Waals surface area contributed by atoms with Crippen LogP contribution in [0, 0.1) is 9.49 Å². The molecule has 0 bridgehead atoms. The highest BCUT2D eigenvalue weighted by atomic mass is 127. The average Bonchev–Trinajstić information content (AvgIpc) is 3.12. The quantitative estimate of drug-likeness (QED) is 0.707. The molecule has 1 aliphatic carbocycles. The van der Waals surface area contributed by atoms with Crippen LogP contribution in [0.3, 0.4) is 0 Å². The van der Waals surface area contributed by atoms with Gasteiger partial charge in [-0.15, -0.1) is 0 Å². The topological polar surface area (TPSA) is 61.4 Å². The van der Waals surface area contributed by atoms with Crippen molar-refractivity contribution in [3.8, 4) is 0 Å². The predicted molar refractivity (Wildman–Crippen MR) is 79.5 cm³/mol. The Bertz CT molecular complexity index is 421. The number of nitrogens with one attached hydrogen (secondary N) is 2. The predicted octanol–water partition coefficient (Wildman–Crippen LogP) is 2.57. The second-order valence-corrected chi connectivity index (χ2v) is 5.81. The summed E-state index contributed by atoms with van der Waals surface area (Å²) in [7, 11) is 0. The van der Waals surface area contributed by atoms with E-state index in [-0.39, 0.29) is 18.7 Å². The molecule has 1 aromatic rings. The molecule has 4 nitrogen and oxygen atoms in total. The third-order valence-electron chi connectivity index (χ3n) is 3.03. The fourth-order valence-corrected chi connectivity index (χ4v) is 2.51. The van der Waals surface area contributed by atoms with Gasteiger partial charge in [0.15, 0.2) is 0 Å². The Morgan fingerprint density at radius 1 is 1.50 bits per heavy atom. The summed E-state index contributed by atoms with van der Waals surface area (Å²) in [5.41, 5.74) is 0.790. The van der Waals surface area contributed by atoms with E-state index in [0.29, 0.717) is 12.3 Å². The number of carbonyl (C=O) groups is 1. The van der Waals surface area contributed by atoms with Gasteiger partial charge in [0.25, 0.3) is 0 Å². The molecule has 1 atom stereocenters. The normalized spacial score (nSPS) is 16.1. The van der Waals surface area contributed by atoms with Crippen molar-refractivity contribution in [2.24, 2.45) is 5.92 Å². The molecule has 3 N–H and O–H groups in total. The molecule has 2 amide bonds. The molecule has 0 saturated heterocycles. The zero-order valence-corrected chi connectivity index (χ0v) is 12.2. The maximum Gasteiger partial charge on any atom is 0.319 e. The number of aliphatic hydroxyl groups is 1. The highest BCUT2D eigenvalue weighted by Crippen LogP contribution is 2.33. The maximum absolute atomic E-state index is 11.8. The Kier molecular flexibility index (Phi) is 4.82. The van der Waals surface area contributed by atoms with Gasteiger partial charge in [-0.05, 0) is 66.0 Å². The molecule has 0 heterocycles. The number of amides is 2. The van der Waals surface area contributed by atoms with E-state index in [1.165, 1.54) is 0 Å². The van der Waals surface area contributed by atoms with E-state index in [9.17, 15) is 4.79 Å². The Hall–Kier alpha value is -0.820. The van der Waals surface area contributed by atoms with Gasteiger partial charge in [-0.2, -0.15) is 0 Å². The number of anilines is 1. The fourth-order valence-electron chi connectivity index (χ4n) is 1.97. The average molecular weight is 360 g/mol. The highest BCUT2D eigenvalue weighted by Gasteiger charge is 2.31. The number of hydrogen-bond donors (Lipinski definition) is 3. The Morgan fingerprint density at radius 2 is 2.28 bits per heavy atom. The Balaban J connectivity index is 1.87. The molecule has 1 saturated carbocycles. The van der Waals surface area contributed by atoms with Crippen LogP contribution < -0.4 is 10.6 Å². The first kappa shape index (κ1) is 13.6. The molecule has 0 radical (unpaired) electrons. The van der Waals surface area contributed by atoms with Gasteiger partial charge in [-0.25, -0.2) is 4.79 Å². The molecule has 18 heavy (non-hydrogen) atoms. The van der Waals surface area contributed by atoms with Crippen LogP contribution in [-0.2, 0) is 0 Å². The van der Waals surface area contributed by atoms with E-state index in [1.54, 1.807) is 0 Å². The van der Waals surface area contributed by atoms with Crippen LogP contribution in [0.1, 0.15) is 19.3 Å². The number of urea groups is 1. The molecule has 1 aromatic carbocycles. The van der Waals surface area contributed by atoms with Crippen molar-refractivity contribution in [2.45, 2.75) is 25.3 Å². The lowest BCUT2D eigenvalue weighted by atomic mass is 10.1. The highest BCUT2D eigenvalue weighted by molar-refractivity contribution is 14.1. The van der Waals surface area contributed by atoms with E-state index in [4.69, 9.17) is 5.11 Å². The first-order valence-corrected chi connectivity index (χ1v) is 7.21. The summed E-state index contributed by atoms with van der Waals surface area (Å²) in [6.07, 6.45) is 2.92. The zero-order chi connectivity index (χ0) is 13.0. The van der Waals surface area contributed by atoms with Crippen molar-refractivity contribution in [1.82, 2.24) is 5.32 Å². The van der Waals surface area contributed by atoms with E-state index in [2.05, 4.69) is 33.2 Å². The van der Waals surface area contributed by atoms with Crippen molar-refractivity contribution in [2.75, 3.05) is 11.9 Å². The standard InChI is InChI=1S/C13H17IN2O2/c14-10-2-1-3-11(8-10)15-13(18)16-12(6-7-17)9-4-5-9/h1-3,8-9,12,17H,4-7H2,(H2,15,16,18)/t12-/m1/s1. The molecule has 0 unspecified atom stereocenters. The minimum atomic E-state index is -0.192. The monoisotopic (exact) mass is 360 g/mol. The Labute approximate surface area is 120 Å². The minimum absolute atomic E-state index is 0.0952. The lowest BCUT2D eigenvalue weighted by Crippen LogP contribution is -2.39. The van der Waals surface area contributed by atoms with Crippen LogP contribution in [0.25, 0.3) is 0 Å². The van der Waals surface area contributed by atoms with Crippen LogP contribution in [0.5, 0.6) is 0 Å². The Morgan fingerprint density at radius 3 is 2.89 bits per heavy atom. The summed E-state index contributed by atoms with van der Waals surface area (Å²) in [5, 5.41) is 14.7. The maximum atomic E-state index is 11.8. The summed E-state index contributed by atoms with van der Waals surface area (Å²) >= 11 is 2.21. The first-order chi connectivity index (χ1) is 8.69. The summed E-state index contributed by atoms with van der Waals surface area (Å²) in [5.74, 6) is 0.541. The zero-order valence-electron chi connectivity index (χ0n) is 10.0. The first-order valence-electron chi connectivity index (χ1n) is 6.13. The van der Waals surface area contributed by atoms with Crippen molar-refractivity contribution >= 4 is 34.3 Å². The van der Waals surface area contributed by atoms with Crippen LogP contribution in [0.15, 0.2) is 24.3 Å². The van der Waals surface area contributed by atoms with Crippen LogP contribution in [-0.4, -0.2) is 23.8 Å². The summed E-state index contributed by atoms with van der Waals surface area (Å²) < 4.78 is 1.08. The molecule has 0 spiro atoms. The van der Waals surface area contributed by atoms with Gasteiger partial charge in [0.2, 0.25) is 0 Å². The third-order valence-corrected chi connectivity index (χ3v) is 3.70. The summed E-state index contributed by atoms with van der Waals surface area (Å²) in [4.78, 5) is 11.8. The molecule has 1 fully saturated rings. The molecule has 1 aliphatic rings. The van der Waals surface area contributed by atoms with E-state index in [0.717, 1.165) is 22.1 Å². The number of benzene rings is 1. The molecule has 5 heteroatoms. The van der Waals surface area contributed by atoms with E-state index >= 15 is 0 Å².